The zero-order chi connectivity index (χ0) is 20.5. The number of likely N-dealkylation sites (tertiary alicyclic amines) is 1. The molecule has 0 saturated carbocycles. The fourth-order valence-corrected chi connectivity index (χ4v) is 3.38. The lowest BCUT2D eigenvalue weighted by atomic mass is 10.1. The summed E-state index contributed by atoms with van der Waals surface area (Å²) in [4.78, 5) is 56.2. The van der Waals surface area contributed by atoms with Crippen molar-refractivity contribution in [3.8, 4) is 0 Å². The Morgan fingerprint density at radius 3 is 2.24 bits per heavy atom. The number of nitrogens with one attached hydrogen (secondary N) is 1. The molecule has 0 aromatic heterocycles. The minimum absolute atomic E-state index is 0.155. The van der Waals surface area contributed by atoms with E-state index in [0.717, 1.165) is 0 Å². The van der Waals surface area contributed by atoms with Crippen molar-refractivity contribution in [2.24, 2.45) is 0 Å². The van der Waals surface area contributed by atoms with E-state index in [1.54, 1.807) is 12.1 Å². The van der Waals surface area contributed by atoms with Gasteiger partial charge in [0.2, 0.25) is 0 Å². The van der Waals surface area contributed by atoms with Gasteiger partial charge in [-0.2, -0.15) is 0 Å². The summed E-state index contributed by atoms with van der Waals surface area (Å²) < 4.78 is 13.0. The van der Waals surface area contributed by atoms with Crippen LogP contribution in [0.15, 0.2) is 48.5 Å². The lowest BCUT2D eigenvalue weighted by Gasteiger charge is -2.24. The van der Waals surface area contributed by atoms with Crippen molar-refractivity contribution in [3.05, 3.63) is 65.5 Å². The predicted molar refractivity (Wildman–Crippen MR) is 98.2 cm³/mol. The molecule has 2 aromatic rings. The Bertz CT molecular complexity index is 972. The van der Waals surface area contributed by atoms with Crippen LogP contribution in [-0.4, -0.2) is 46.4 Å². The van der Waals surface area contributed by atoms with Gasteiger partial charge in [0, 0.05) is 12.2 Å². The fourth-order valence-electron chi connectivity index (χ4n) is 3.38. The standard InChI is InChI=1S/C20H16FN3O5/c21-12-7-9-13(10-8-12)22-20(28)23-11-3-6-16(23)19(27)29-24-17(25)14-4-1-2-5-15(14)18(24)26/h1-2,4-5,7-10,16H,3,6,11H2,(H,22,28). The molecule has 2 heterocycles. The first-order chi connectivity index (χ1) is 14.0. The normalized spacial score (nSPS) is 18.0. The van der Waals surface area contributed by atoms with E-state index < -0.39 is 35.7 Å². The summed E-state index contributed by atoms with van der Waals surface area (Å²) in [5.41, 5.74) is 0.682. The number of anilines is 1. The smallest absolute Gasteiger partial charge is 0.327 e. The number of carbonyl (C=O) groups is 4. The van der Waals surface area contributed by atoms with Crippen LogP contribution in [0.2, 0.25) is 0 Å². The van der Waals surface area contributed by atoms with Gasteiger partial charge in [-0.15, -0.1) is 0 Å². The number of carbonyl (C=O) groups excluding carboxylic acids is 4. The lowest BCUT2D eigenvalue weighted by Crippen LogP contribution is -2.46. The number of hydrogen-bond acceptors (Lipinski definition) is 5. The van der Waals surface area contributed by atoms with Gasteiger partial charge in [-0.3, -0.25) is 9.59 Å². The average molecular weight is 397 g/mol. The van der Waals surface area contributed by atoms with E-state index in [1.807, 2.05) is 0 Å². The molecule has 1 saturated heterocycles. The highest BCUT2D eigenvalue weighted by molar-refractivity contribution is 6.21. The molecule has 1 N–H and O–H groups in total. The van der Waals surface area contributed by atoms with Crippen LogP contribution in [0.4, 0.5) is 14.9 Å². The van der Waals surface area contributed by atoms with Crippen LogP contribution in [0.1, 0.15) is 33.6 Å². The molecule has 148 valence electrons. The first-order valence-corrected chi connectivity index (χ1v) is 8.98. The van der Waals surface area contributed by atoms with Gasteiger partial charge in [0.05, 0.1) is 11.1 Å². The first-order valence-electron chi connectivity index (χ1n) is 8.98. The highest BCUT2D eigenvalue weighted by Gasteiger charge is 2.42. The van der Waals surface area contributed by atoms with Crippen LogP contribution in [-0.2, 0) is 9.63 Å². The largest absolute Gasteiger partial charge is 0.355 e. The Morgan fingerprint density at radius 1 is 1.00 bits per heavy atom. The molecule has 1 unspecified atom stereocenters. The Hall–Kier alpha value is -3.75. The third kappa shape index (κ3) is 3.42. The van der Waals surface area contributed by atoms with E-state index >= 15 is 0 Å². The van der Waals surface area contributed by atoms with Crippen molar-refractivity contribution in [2.45, 2.75) is 18.9 Å². The van der Waals surface area contributed by atoms with Crippen molar-refractivity contribution >= 4 is 29.5 Å². The number of amides is 4. The summed E-state index contributed by atoms with van der Waals surface area (Å²) in [5.74, 6) is -2.75. The number of benzene rings is 2. The minimum Gasteiger partial charge on any atom is -0.327 e. The van der Waals surface area contributed by atoms with E-state index in [9.17, 15) is 23.6 Å². The number of halogens is 1. The van der Waals surface area contributed by atoms with Gasteiger partial charge in [0.15, 0.2) is 0 Å². The summed E-state index contributed by atoms with van der Waals surface area (Å²) in [6, 6.07) is 9.86. The zero-order valence-corrected chi connectivity index (χ0v) is 15.1. The summed E-state index contributed by atoms with van der Waals surface area (Å²) in [5, 5.41) is 3.02. The molecule has 0 aliphatic carbocycles. The fraction of sp³-hybridized carbons (Fsp3) is 0.200. The Morgan fingerprint density at radius 2 is 1.62 bits per heavy atom. The average Bonchev–Trinajstić information content (AvgIpc) is 3.30. The Kier molecular flexibility index (Phi) is 4.71. The number of imide groups is 1. The van der Waals surface area contributed by atoms with E-state index in [2.05, 4.69) is 5.32 Å². The minimum atomic E-state index is -0.945. The third-order valence-corrected chi connectivity index (χ3v) is 4.82. The molecule has 4 rings (SSSR count). The third-order valence-electron chi connectivity index (χ3n) is 4.82. The molecule has 1 fully saturated rings. The van der Waals surface area contributed by atoms with E-state index in [0.29, 0.717) is 30.1 Å². The second-order valence-corrected chi connectivity index (χ2v) is 6.65. The molecule has 4 amide bonds. The highest BCUT2D eigenvalue weighted by atomic mass is 19.1. The van der Waals surface area contributed by atoms with Crippen LogP contribution in [0.3, 0.4) is 0 Å². The van der Waals surface area contributed by atoms with Crippen LogP contribution in [0.25, 0.3) is 0 Å². The predicted octanol–water partition coefficient (Wildman–Crippen LogP) is 2.58. The molecule has 2 aromatic carbocycles. The summed E-state index contributed by atoms with van der Waals surface area (Å²) in [6.45, 7) is 0.301. The SMILES string of the molecule is O=C(ON1C(=O)c2ccccc2C1=O)C1CCCN1C(=O)Nc1ccc(F)cc1. The second kappa shape index (κ2) is 7.34. The molecule has 9 heteroatoms. The Balaban J connectivity index is 1.44. The number of rotatable bonds is 3. The van der Waals surface area contributed by atoms with E-state index in [-0.39, 0.29) is 11.1 Å². The van der Waals surface area contributed by atoms with Crippen molar-refractivity contribution in [3.63, 3.8) is 0 Å². The van der Waals surface area contributed by atoms with Crippen molar-refractivity contribution in [1.82, 2.24) is 9.96 Å². The number of urea groups is 1. The van der Waals surface area contributed by atoms with Crippen molar-refractivity contribution < 1.29 is 28.4 Å². The molecule has 29 heavy (non-hydrogen) atoms. The molecule has 0 bridgehead atoms. The number of hydrogen-bond donors (Lipinski definition) is 1. The quantitative estimate of drug-likeness (QED) is 0.803. The molecule has 0 radical (unpaired) electrons. The van der Waals surface area contributed by atoms with Gasteiger partial charge >= 0.3 is 12.0 Å². The monoisotopic (exact) mass is 397 g/mol. The highest BCUT2D eigenvalue weighted by Crippen LogP contribution is 2.25. The van der Waals surface area contributed by atoms with Crippen LogP contribution < -0.4 is 5.32 Å². The van der Waals surface area contributed by atoms with Gasteiger partial charge in [-0.05, 0) is 49.2 Å². The van der Waals surface area contributed by atoms with Crippen molar-refractivity contribution in [2.75, 3.05) is 11.9 Å². The molecule has 1 atom stereocenters. The van der Waals surface area contributed by atoms with E-state index in [4.69, 9.17) is 4.84 Å². The number of fused-ring (bicyclic) bond motifs is 1. The Labute approximate surface area is 164 Å². The van der Waals surface area contributed by atoms with Crippen molar-refractivity contribution in [1.29, 1.82) is 0 Å². The summed E-state index contributed by atoms with van der Waals surface area (Å²) in [7, 11) is 0. The maximum atomic E-state index is 13.0. The summed E-state index contributed by atoms with van der Waals surface area (Å²) >= 11 is 0. The lowest BCUT2D eigenvalue weighted by molar-refractivity contribution is -0.173. The number of nitrogens with zero attached hydrogens (tertiary/aromatic N) is 2. The van der Waals surface area contributed by atoms with Crippen LogP contribution >= 0.6 is 0 Å². The second-order valence-electron chi connectivity index (χ2n) is 6.65. The van der Waals surface area contributed by atoms with Crippen LogP contribution in [0, 0.1) is 5.82 Å². The van der Waals surface area contributed by atoms with Gasteiger partial charge < -0.3 is 15.1 Å². The molecule has 8 nitrogen and oxygen atoms in total. The zero-order valence-electron chi connectivity index (χ0n) is 15.1. The van der Waals surface area contributed by atoms with Gasteiger partial charge in [0.1, 0.15) is 11.9 Å². The maximum absolute atomic E-state index is 13.0. The molecular weight excluding hydrogens is 381 g/mol. The van der Waals surface area contributed by atoms with Gasteiger partial charge in [-0.1, -0.05) is 17.2 Å². The number of hydroxylamine groups is 2. The molecule has 2 aliphatic rings. The van der Waals surface area contributed by atoms with Crippen LogP contribution in [0.5, 0.6) is 0 Å². The molecule has 2 aliphatic heterocycles. The summed E-state index contributed by atoms with van der Waals surface area (Å²) in [6.07, 6.45) is 0.886. The van der Waals surface area contributed by atoms with E-state index in [1.165, 1.54) is 41.3 Å². The first kappa shape index (κ1) is 18.6. The molecular formula is C20H16FN3O5. The maximum Gasteiger partial charge on any atom is 0.355 e. The molecule has 0 spiro atoms. The van der Waals surface area contributed by atoms with Gasteiger partial charge in [-0.25, -0.2) is 14.0 Å². The van der Waals surface area contributed by atoms with Gasteiger partial charge in [0.25, 0.3) is 11.8 Å². The topological polar surface area (TPSA) is 96.0 Å².